The maximum Gasteiger partial charge on any atom is 0.245 e. The van der Waals surface area contributed by atoms with Crippen LogP contribution in [0.1, 0.15) is 0 Å². The predicted molar refractivity (Wildman–Crippen MR) is 76.7 cm³/mol. The van der Waals surface area contributed by atoms with Gasteiger partial charge in [0.25, 0.3) is 0 Å². The second kappa shape index (κ2) is 6.39. The molecule has 1 atom stereocenters. The highest BCUT2D eigenvalue weighted by Gasteiger charge is 2.38. The maximum absolute atomic E-state index is 13.1. The molecule has 116 valence electrons. The third kappa shape index (κ3) is 3.25. The molecule has 0 spiro atoms. The fraction of sp³-hybridized carbons (Fsp3) is 0.417. The smallest absolute Gasteiger partial charge is 0.245 e. The Morgan fingerprint density at radius 2 is 2.24 bits per heavy atom. The van der Waals surface area contributed by atoms with Gasteiger partial charge in [0, 0.05) is 18.1 Å². The predicted octanol–water partition coefficient (Wildman–Crippen LogP) is 0.724. The summed E-state index contributed by atoms with van der Waals surface area (Å²) in [5, 5.41) is 2.42. The van der Waals surface area contributed by atoms with E-state index in [9.17, 15) is 17.6 Å². The van der Waals surface area contributed by atoms with Crippen LogP contribution in [0.15, 0.2) is 27.6 Å². The number of morpholine rings is 1. The fourth-order valence-corrected chi connectivity index (χ4v) is 4.63. The minimum absolute atomic E-state index is 0.0162. The lowest BCUT2D eigenvalue weighted by molar-refractivity contribution is -0.128. The number of hydrogen-bond acceptors (Lipinski definition) is 4. The van der Waals surface area contributed by atoms with Crippen molar-refractivity contribution < 1.29 is 22.3 Å². The first kappa shape index (κ1) is 16.3. The molecule has 9 heteroatoms. The standard InChI is InChI=1S/C12H14BrFN2O4S/c1-15-12(17)10-7-20-5-4-16(10)21(18,19)11-3-2-8(14)6-9(11)13/h2-3,6,10H,4-5,7H2,1H3,(H,15,17). The van der Waals surface area contributed by atoms with Crippen LogP contribution in [0.4, 0.5) is 4.39 Å². The van der Waals surface area contributed by atoms with Crippen LogP contribution in [-0.2, 0) is 19.6 Å². The van der Waals surface area contributed by atoms with E-state index in [0.29, 0.717) is 0 Å². The lowest BCUT2D eigenvalue weighted by Gasteiger charge is -2.33. The fourth-order valence-electron chi connectivity index (χ4n) is 2.06. The number of halogens is 2. The van der Waals surface area contributed by atoms with Crippen molar-refractivity contribution >= 4 is 31.9 Å². The van der Waals surface area contributed by atoms with E-state index >= 15 is 0 Å². The number of amides is 1. The van der Waals surface area contributed by atoms with Crippen molar-refractivity contribution in [3.63, 3.8) is 0 Å². The van der Waals surface area contributed by atoms with E-state index in [2.05, 4.69) is 21.2 Å². The quantitative estimate of drug-likeness (QED) is 0.838. The molecule has 0 aliphatic carbocycles. The highest BCUT2D eigenvalue weighted by molar-refractivity contribution is 9.10. The van der Waals surface area contributed by atoms with E-state index in [-0.39, 0.29) is 29.1 Å². The van der Waals surface area contributed by atoms with E-state index in [1.54, 1.807) is 0 Å². The minimum Gasteiger partial charge on any atom is -0.378 e. The number of hydrogen-bond donors (Lipinski definition) is 1. The van der Waals surface area contributed by atoms with Crippen molar-refractivity contribution in [2.45, 2.75) is 10.9 Å². The molecule has 6 nitrogen and oxygen atoms in total. The molecular formula is C12H14BrFN2O4S. The second-order valence-corrected chi connectivity index (χ2v) is 7.11. The summed E-state index contributed by atoms with van der Waals surface area (Å²) in [5.41, 5.74) is 0. The minimum atomic E-state index is -3.93. The molecule has 0 bridgehead atoms. The SMILES string of the molecule is CNC(=O)C1COCCN1S(=O)(=O)c1ccc(F)cc1Br. The molecule has 0 aromatic heterocycles. The Bertz CT molecular complexity index is 653. The van der Waals surface area contributed by atoms with Crippen LogP contribution in [0.2, 0.25) is 0 Å². The summed E-state index contributed by atoms with van der Waals surface area (Å²) in [6.07, 6.45) is 0. The molecule has 1 saturated heterocycles. The molecule has 1 aliphatic heterocycles. The van der Waals surface area contributed by atoms with Crippen LogP contribution in [-0.4, -0.2) is 51.5 Å². The van der Waals surface area contributed by atoms with Gasteiger partial charge in [-0.1, -0.05) is 0 Å². The maximum atomic E-state index is 13.1. The summed E-state index contributed by atoms with van der Waals surface area (Å²) >= 11 is 3.05. The third-order valence-electron chi connectivity index (χ3n) is 3.11. The Labute approximate surface area is 130 Å². The van der Waals surface area contributed by atoms with E-state index in [1.807, 2.05) is 0 Å². The number of likely N-dealkylation sites (N-methyl/N-ethyl adjacent to an activating group) is 1. The van der Waals surface area contributed by atoms with Gasteiger partial charge in [-0.25, -0.2) is 12.8 Å². The van der Waals surface area contributed by atoms with Gasteiger partial charge in [0.15, 0.2) is 0 Å². The van der Waals surface area contributed by atoms with Crippen molar-refractivity contribution in [2.75, 3.05) is 26.8 Å². The first-order valence-electron chi connectivity index (χ1n) is 6.14. The van der Waals surface area contributed by atoms with Crippen molar-refractivity contribution in [2.24, 2.45) is 0 Å². The largest absolute Gasteiger partial charge is 0.378 e. The van der Waals surface area contributed by atoms with E-state index in [4.69, 9.17) is 4.74 Å². The summed E-state index contributed by atoms with van der Waals surface area (Å²) < 4.78 is 44.9. The van der Waals surface area contributed by atoms with Crippen molar-refractivity contribution in [1.82, 2.24) is 9.62 Å². The topological polar surface area (TPSA) is 75.7 Å². The summed E-state index contributed by atoms with van der Waals surface area (Å²) in [7, 11) is -2.51. The highest BCUT2D eigenvalue weighted by atomic mass is 79.9. The molecule has 21 heavy (non-hydrogen) atoms. The van der Waals surface area contributed by atoms with Crippen molar-refractivity contribution in [3.05, 3.63) is 28.5 Å². The number of carbonyl (C=O) groups is 1. The molecule has 1 N–H and O–H groups in total. The zero-order valence-corrected chi connectivity index (χ0v) is 13.6. The van der Waals surface area contributed by atoms with Gasteiger partial charge in [-0.05, 0) is 34.1 Å². The number of rotatable bonds is 3. The van der Waals surface area contributed by atoms with Crippen LogP contribution in [0.5, 0.6) is 0 Å². The van der Waals surface area contributed by atoms with Gasteiger partial charge in [0.05, 0.1) is 18.1 Å². The van der Waals surface area contributed by atoms with Crippen LogP contribution in [0.25, 0.3) is 0 Å². The molecule has 1 aromatic rings. The van der Waals surface area contributed by atoms with Gasteiger partial charge in [-0.2, -0.15) is 4.31 Å². The molecule has 1 amide bonds. The number of benzene rings is 1. The van der Waals surface area contributed by atoms with Gasteiger partial charge < -0.3 is 10.1 Å². The Hall–Kier alpha value is -1.03. The summed E-state index contributed by atoms with van der Waals surface area (Å²) in [6, 6.07) is 2.37. The highest BCUT2D eigenvalue weighted by Crippen LogP contribution is 2.28. The van der Waals surface area contributed by atoms with Gasteiger partial charge >= 0.3 is 0 Å². The first-order chi connectivity index (χ1) is 9.87. The molecule has 0 saturated carbocycles. The van der Waals surface area contributed by atoms with Gasteiger partial charge in [0.2, 0.25) is 15.9 Å². The zero-order chi connectivity index (χ0) is 15.6. The Balaban J connectivity index is 2.43. The Kier molecular flexibility index (Phi) is 4.97. The summed E-state index contributed by atoms with van der Waals surface area (Å²) in [6.45, 7) is 0.244. The molecule has 1 heterocycles. The van der Waals surface area contributed by atoms with E-state index in [1.165, 1.54) is 13.1 Å². The zero-order valence-electron chi connectivity index (χ0n) is 11.2. The number of nitrogens with one attached hydrogen (secondary N) is 1. The molecule has 1 fully saturated rings. The molecule has 1 aliphatic rings. The first-order valence-corrected chi connectivity index (χ1v) is 8.37. The Morgan fingerprint density at radius 1 is 1.52 bits per heavy atom. The number of nitrogens with zero attached hydrogens (tertiary/aromatic N) is 1. The normalized spacial score (nSPS) is 20.2. The molecule has 0 radical (unpaired) electrons. The molecule has 2 rings (SSSR count). The lowest BCUT2D eigenvalue weighted by Crippen LogP contribution is -2.55. The number of sulfonamides is 1. The van der Waals surface area contributed by atoms with Gasteiger partial charge in [0.1, 0.15) is 11.9 Å². The van der Waals surface area contributed by atoms with Crippen LogP contribution < -0.4 is 5.32 Å². The average molecular weight is 381 g/mol. The summed E-state index contributed by atoms with van der Waals surface area (Å²) in [4.78, 5) is 11.7. The van der Waals surface area contributed by atoms with Crippen LogP contribution in [0, 0.1) is 5.82 Å². The monoisotopic (exact) mass is 380 g/mol. The summed E-state index contributed by atoms with van der Waals surface area (Å²) in [5.74, 6) is -0.998. The average Bonchev–Trinajstić information content (AvgIpc) is 2.46. The van der Waals surface area contributed by atoms with E-state index < -0.39 is 27.8 Å². The molecular weight excluding hydrogens is 367 g/mol. The molecule has 1 aromatic carbocycles. The van der Waals surface area contributed by atoms with E-state index in [0.717, 1.165) is 16.4 Å². The number of carbonyl (C=O) groups excluding carboxylic acids is 1. The molecule has 1 unspecified atom stereocenters. The van der Waals surface area contributed by atoms with Crippen LogP contribution in [0.3, 0.4) is 0 Å². The van der Waals surface area contributed by atoms with Gasteiger partial charge in [-0.3, -0.25) is 4.79 Å². The van der Waals surface area contributed by atoms with Gasteiger partial charge in [-0.15, -0.1) is 0 Å². The van der Waals surface area contributed by atoms with Crippen molar-refractivity contribution in [1.29, 1.82) is 0 Å². The van der Waals surface area contributed by atoms with Crippen LogP contribution >= 0.6 is 15.9 Å². The van der Waals surface area contributed by atoms with Crippen molar-refractivity contribution in [3.8, 4) is 0 Å². The second-order valence-electron chi connectivity index (χ2n) is 4.40. The Morgan fingerprint density at radius 3 is 2.86 bits per heavy atom. The third-order valence-corrected chi connectivity index (χ3v) is 5.99. The number of ether oxygens (including phenoxy) is 1. The lowest BCUT2D eigenvalue weighted by atomic mass is 10.2.